The Morgan fingerprint density at radius 1 is 1.19 bits per heavy atom. The van der Waals surface area contributed by atoms with Crippen LogP contribution in [-0.4, -0.2) is 40.6 Å². The minimum atomic E-state index is -0.749. The van der Waals surface area contributed by atoms with E-state index in [1.54, 1.807) is 24.3 Å². The van der Waals surface area contributed by atoms with E-state index in [4.69, 9.17) is 5.11 Å². The Morgan fingerprint density at radius 3 is 2.52 bits per heavy atom. The molecule has 0 saturated heterocycles. The molecule has 0 aliphatic carbocycles. The Kier molecular flexibility index (Phi) is 7.86. The van der Waals surface area contributed by atoms with Gasteiger partial charge in [-0.05, 0) is 30.5 Å². The molecule has 0 aromatic carbocycles. The minimum absolute atomic E-state index is 0.0997. The predicted octanol–water partition coefficient (Wildman–Crippen LogP) is 2.26. The lowest BCUT2D eigenvalue weighted by Crippen LogP contribution is -2.37. The normalized spacial score (nSPS) is 10.1. The molecule has 0 spiro atoms. The molecule has 0 radical (unpaired) electrons. The van der Waals surface area contributed by atoms with Crippen LogP contribution in [0.15, 0.2) is 24.5 Å². The summed E-state index contributed by atoms with van der Waals surface area (Å²) in [5.41, 5.74) is 1.04. The molecule has 21 heavy (non-hydrogen) atoms. The number of carboxylic acid groups (broad SMARTS) is 1. The molecule has 1 aromatic heterocycles. The fourth-order valence-electron chi connectivity index (χ4n) is 1.92. The van der Waals surface area contributed by atoms with Crippen LogP contribution >= 0.6 is 0 Å². The van der Waals surface area contributed by atoms with Crippen molar-refractivity contribution >= 4 is 12.0 Å². The highest BCUT2D eigenvalue weighted by Gasteiger charge is 2.07. The van der Waals surface area contributed by atoms with Gasteiger partial charge in [0.05, 0.1) is 0 Å². The largest absolute Gasteiger partial charge is 0.481 e. The highest BCUT2D eigenvalue weighted by molar-refractivity contribution is 5.73. The second kappa shape index (κ2) is 9.74. The highest BCUT2D eigenvalue weighted by atomic mass is 16.4. The van der Waals surface area contributed by atoms with Gasteiger partial charge in [-0.25, -0.2) is 4.79 Å². The molecular weight excluding hydrogens is 270 g/mol. The Balaban J connectivity index is 2.09. The molecule has 0 aliphatic rings. The number of nitrogens with zero attached hydrogens (tertiary/aromatic N) is 2. The molecule has 2 N–H and O–H groups in total. The van der Waals surface area contributed by atoms with Crippen molar-refractivity contribution in [3.05, 3.63) is 30.1 Å². The van der Waals surface area contributed by atoms with Gasteiger partial charge in [0, 0.05) is 39.0 Å². The first-order valence-corrected chi connectivity index (χ1v) is 7.19. The summed E-state index contributed by atoms with van der Waals surface area (Å²) in [7, 11) is 1.75. The number of carboxylic acids is 1. The molecule has 116 valence electrons. The third-order valence-electron chi connectivity index (χ3n) is 3.11. The maximum absolute atomic E-state index is 11.8. The van der Waals surface area contributed by atoms with Crippen molar-refractivity contribution < 1.29 is 14.7 Å². The third-order valence-corrected chi connectivity index (χ3v) is 3.11. The van der Waals surface area contributed by atoms with Gasteiger partial charge in [-0.1, -0.05) is 12.8 Å². The van der Waals surface area contributed by atoms with E-state index in [-0.39, 0.29) is 12.5 Å². The first-order valence-electron chi connectivity index (χ1n) is 7.19. The number of unbranched alkanes of at least 4 members (excludes halogenated alkanes) is 3. The zero-order valence-electron chi connectivity index (χ0n) is 12.4. The van der Waals surface area contributed by atoms with E-state index in [1.165, 1.54) is 0 Å². The van der Waals surface area contributed by atoms with Gasteiger partial charge in [-0.3, -0.25) is 9.78 Å². The number of hydrogen-bond acceptors (Lipinski definition) is 3. The van der Waals surface area contributed by atoms with E-state index in [9.17, 15) is 9.59 Å². The summed E-state index contributed by atoms with van der Waals surface area (Å²) >= 11 is 0. The Morgan fingerprint density at radius 2 is 1.86 bits per heavy atom. The first kappa shape index (κ1) is 16.9. The monoisotopic (exact) mass is 293 g/mol. The fourth-order valence-corrected chi connectivity index (χ4v) is 1.92. The second-order valence-electron chi connectivity index (χ2n) is 5.00. The number of hydrogen-bond donors (Lipinski definition) is 2. The van der Waals surface area contributed by atoms with Crippen LogP contribution in [0.4, 0.5) is 4.79 Å². The summed E-state index contributed by atoms with van der Waals surface area (Å²) in [6.45, 7) is 1.17. The van der Waals surface area contributed by atoms with E-state index in [0.717, 1.165) is 24.8 Å². The quantitative estimate of drug-likeness (QED) is 0.684. The van der Waals surface area contributed by atoms with E-state index in [0.29, 0.717) is 19.5 Å². The van der Waals surface area contributed by atoms with Crippen LogP contribution in [0.25, 0.3) is 0 Å². The Bertz CT molecular complexity index is 437. The molecule has 0 saturated carbocycles. The highest BCUT2D eigenvalue weighted by Crippen LogP contribution is 2.03. The molecule has 0 bridgehead atoms. The molecular formula is C15H23N3O3. The van der Waals surface area contributed by atoms with Crippen molar-refractivity contribution in [2.24, 2.45) is 0 Å². The SMILES string of the molecule is CN(Cc1ccncc1)C(=O)NCCCCCCC(=O)O. The van der Waals surface area contributed by atoms with Gasteiger partial charge < -0.3 is 15.3 Å². The minimum Gasteiger partial charge on any atom is -0.481 e. The number of nitrogens with one attached hydrogen (secondary N) is 1. The van der Waals surface area contributed by atoms with Crippen molar-refractivity contribution in [2.75, 3.05) is 13.6 Å². The van der Waals surface area contributed by atoms with E-state index in [1.807, 2.05) is 12.1 Å². The maximum atomic E-state index is 11.8. The van der Waals surface area contributed by atoms with Gasteiger partial charge >= 0.3 is 12.0 Å². The van der Waals surface area contributed by atoms with E-state index >= 15 is 0 Å². The summed E-state index contributed by atoms with van der Waals surface area (Å²) in [5, 5.41) is 11.4. The van der Waals surface area contributed by atoms with Crippen molar-refractivity contribution in [2.45, 2.75) is 38.6 Å². The Hall–Kier alpha value is -2.11. The average Bonchev–Trinajstić information content (AvgIpc) is 2.46. The Labute approximate surface area is 125 Å². The molecule has 1 rings (SSSR count). The van der Waals surface area contributed by atoms with Crippen molar-refractivity contribution in [1.82, 2.24) is 15.2 Å². The summed E-state index contributed by atoms with van der Waals surface area (Å²) in [6.07, 6.45) is 7.02. The van der Waals surface area contributed by atoms with Crippen LogP contribution in [0, 0.1) is 0 Å². The number of aromatic nitrogens is 1. The fraction of sp³-hybridized carbons (Fsp3) is 0.533. The summed E-state index contributed by atoms with van der Waals surface area (Å²) in [6, 6.07) is 3.66. The number of rotatable bonds is 9. The zero-order valence-corrected chi connectivity index (χ0v) is 12.4. The lowest BCUT2D eigenvalue weighted by molar-refractivity contribution is -0.137. The topological polar surface area (TPSA) is 82.5 Å². The van der Waals surface area contributed by atoms with Crippen LogP contribution in [0.1, 0.15) is 37.7 Å². The van der Waals surface area contributed by atoms with Crippen LogP contribution in [-0.2, 0) is 11.3 Å². The number of amides is 2. The molecule has 1 heterocycles. The van der Waals surface area contributed by atoms with Gasteiger partial charge in [0.2, 0.25) is 0 Å². The van der Waals surface area contributed by atoms with Crippen LogP contribution < -0.4 is 5.32 Å². The van der Waals surface area contributed by atoms with Crippen LogP contribution in [0.2, 0.25) is 0 Å². The van der Waals surface area contributed by atoms with Crippen LogP contribution in [0.5, 0.6) is 0 Å². The lowest BCUT2D eigenvalue weighted by atomic mass is 10.1. The summed E-state index contributed by atoms with van der Waals surface area (Å²) in [5.74, 6) is -0.749. The summed E-state index contributed by atoms with van der Waals surface area (Å²) in [4.78, 5) is 27.7. The number of pyridine rings is 1. The van der Waals surface area contributed by atoms with Gasteiger partial charge in [-0.2, -0.15) is 0 Å². The van der Waals surface area contributed by atoms with Crippen molar-refractivity contribution in [3.8, 4) is 0 Å². The van der Waals surface area contributed by atoms with Crippen molar-refractivity contribution in [3.63, 3.8) is 0 Å². The van der Waals surface area contributed by atoms with E-state index < -0.39 is 5.97 Å². The van der Waals surface area contributed by atoms with Gasteiger partial charge in [-0.15, -0.1) is 0 Å². The molecule has 2 amide bonds. The number of carbonyl (C=O) groups excluding carboxylic acids is 1. The first-order chi connectivity index (χ1) is 10.1. The molecule has 1 aromatic rings. The molecule has 0 aliphatic heterocycles. The molecule has 0 unspecified atom stereocenters. The number of carbonyl (C=O) groups is 2. The van der Waals surface area contributed by atoms with Gasteiger partial charge in [0.25, 0.3) is 0 Å². The van der Waals surface area contributed by atoms with Crippen molar-refractivity contribution in [1.29, 1.82) is 0 Å². The number of aliphatic carboxylic acids is 1. The molecule has 0 fully saturated rings. The smallest absolute Gasteiger partial charge is 0.317 e. The van der Waals surface area contributed by atoms with Crippen LogP contribution in [0.3, 0.4) is 0 Å². The lowest BCUT2D eigenvalue weighted by Gasteiger charge is -2.17. The zero-order chi connectivity index (χ0) is 15.5. The summed E-state index contributed by atoms with van der Waals surface area (Å²) < 4.78 is 0. The molecule has 6 heteroatoms. The predicted molar refractivity (Wildman–Crippen MR) is 79.8 cm³/mol. The number of urea groups is 1. The third kappa shape index (κ3) is 7.91. The second-order valence-corrected chi connectivity index (χ2v) is 5.00. The van der Waals surface area contributed by atoms with Gasteiger partial charge in [0.1, 0.15) is 0 Å². The standard InChI is InChI=1S/C15H23N3O3/c1-18(12-13-7-10-16-11-8-13)15(21)17-9-5-3-2-4-6-14(19)20/h7-8,10-11H,2-6,9,12H2,1H3,(H,17,21)(H,19,20). The van der Waals surface area contributed by atoms with E-state index in [2.05, 4.69) is 10.3 Å². The molecule has 0 atom stereocenters. The maximum Gasteiger partial charge on any atom is 0.317 e. The molecule has 6 nitrogen and oxygen atoms in total. The average molecular weight is 293 g/mol. The van der Waals surface area contributed by atoms with Gasteiger partial charge in [0.15, 0.2) is 0 Å².